The summed E-state index contributed by atoms with van der Waals surface area (Å²) in [5.41, 5.74) is 2.52. The molecule has 0 aliphatic rings. The molecule has 0 aromatic heterocycles. The Kier molecular flexibility index (Phi) is 3.86. The van der Waals surface area contributed by atoms with Crippen LogP contribution < -0.4 is 0 Å². The maximum Gasteiger partial charge on any atom is 0.0194 e. The molecule has 2 radical (unpaired) electrons. The smallest absolute Gasteiger partial charge is 0.0194 e. The fourth-order valence-electron chi connectivity index (χ4n) is 1.31. The zero-order valence-electron chi connectivity index (χ0n) is 8.44. The van der Waals surface area contributed by atoms with E-state index in [-0.39, 0.29) is 0 Å². The molecule has 15 heavy (non-hydrogen) atoms. The lowest BCUT2D eigenvalue weighted by Crippen LogP contribution is -1.83. The van der Waals surface area contributed by atoms with Gasteiger partial charge in [-0.3, -0.25) is 0 Å². The van der Waals surface area contributed by atoms with Crippen LogP contribution in [0, 0.1) is 12.1 Å². The number of benzene rings is 2. The molecule has 0 heterocycles. The van der Waals surface area contributed by atoms with Crippen molar-refractivity contribution in [1.29, 1.82) is 0 Å². The lowest BCUT2D eigenvalue weighted by Gasteiger charge is -2.01. The first-order valence-electron chi connectivity index (χ1n) is 4.94. The van der Waals surface area contributed by atoms with Crippen LogP contribution in [0.4, 0.5) is 0 Å². The summed E-state index contributed by atoms with van der Waals surface area (Å²) in [7, 11) is 0. The molecule has 0 saturated heterocycles. The highest BCUT2D eigenvalue weighted by Gasteiger charge is 1.94. The molecule has 0 amide bonds. The quantitative estimate of drug-likeness (QED) is 0.744. The van der Waals surface area contributed by atoms with Crippen molar-refractivity contribution in [1.82, 2.24) is 0 Å². The fraction of sp³-hybridized carbons (Fsp3) is 0.143. The lowest BCUT2D eigenvalue weighted by atomic mass is 10.2. The zero-order valence-corrected chi connectivity index (χ0v) is 9.26. The third-order valence-electron chi connectivity index (χ3n) is 2.06. The van der Waals surface area contributed by atoms with E-state index >= 15 is 0 Å². The van der Waals surface area contributed by atoms with Crippen molar-refractivity contribution >= 4 is 11.8 Å². The van der Waals surface area contributed by atoms with Crippen LogP contribution in [-0.2, 0) is 11.5 Å². The summed E-state index contributed by atoms with van der Waals surface area (Å²) in [6.45, 7) is 0. The van der Waals surface area contributed by atoms with Gasteiger partial charge in [0.15, 0.2) is 0 Å². The molecule has 0 N–H and O–H groups in total. The molecule has 1 heteroatoms. The summed E-state index contributed by atoms with van der Waals surface area (Å²) in [4.78, 5) is 0. The van der Waals surface area contributed by atoms with Crippen molar-refractivity contribution in [2.24, 2.45) is 0 Å². The van der Waals surface area contributed by atoms with E-state index in [4.69, 9.17) is 0 Å². The second-order valence-corrected chi connectivity index (χ2v) is 4.25. The minimum Gasteiger partial charge on any atom is -0.152 e. The fourth-order valence-corrected chi connectivity index (χ4v) is 2.21. The first-order chi connectivity index (χ1) is 7.45. The van der Waals surface area contributed by atoms with Crippen molar-refractivity contribution in [3.05, 3.63) is 71.8 Å². The van der Waals surface area contributed by atoms with Crippen LogP contribution in [0.3, 0.4) is 0 Å². The standard InChI is InChI=1S/C14H12S/c1-3-7-13(8-4-1)11-15-12-14-9-5-2-6-10-14/h1-7,9H,11-12H2. The second kappa shape index (κ2) is 5.62. The highest BCUT2D eigenvalue weighted by Crippen LogP contribution is 2.16. The largest absolute Gasteiger partial charge is 0.152 e. The zero-order chi connectivity index (χ0) is 10.3. The lowest BCUT2D eigenvalue weighted by molar-refractivity contribution is 1.35. The average Bonchev–Trinajstić information content (AvgIpc) is 2.32. The van der Waals surface area contributed by atoms with E-state index in [0.717, 1.165) is 11.5 Å². The Bertz CT molecular complexity index is 341. The molecule has 0 bridgehead atoms. The van der Waals surface area contributed by atoms with Crippen LogP contribution in [-0.4, -0.2) is 0 Å². The van der Waals surface area contributed by atoms with E-state index < -0.39 is 0 Å². The van der Waals surface area contributed by atoms with E-state index in [1.807, 2.05) is 36.0 Å². The Labute approximate surface area is 95.3 Å². The third kappa shape index (κ3) is 3.45. The van der Waals surface area contributed by atoms with E-state index in [1.54, 1.807) is 0 Å². The van der Waals surface area contributed by atoms with E-state index in [9.17, 15) is 0 Å². The Hall–Kier alpha value is -1.21. The van der Waals surface area contributed by atoms with Crippen LogP contribution in [0.2, 0.25) is 0 Å². The van der Waals surface area contributed by atoms with Gasteiger partial charge in [0.05, 0.1) is 0 Å². The van der Waals surface area contributed by atoms with E-state index in [0.29, 0.717) is 0 Å². The molecule has 0 aliphatic carbocycles. The van der Waals surface area contributed by atoms with Gasteiger partial charge in [-0.15, -0.1) is 0 Å². The van der Waals surface area contributed by atoms with Gasteiger partial charge in [0.25, 0.3) is 0 Å². The topological polar surface area (TPSA) is 0 Å². The molecular weight excluding hydrogens is 200 g/mol. The van der Waals surface area contributed by atoms with E-state index in [2.05, 4.69) is 36.4 Å². The van der Waals surface area contributed by atoms with Crippen molar-refractivity contribution in [2.75, 3.05) is 0 Å². The SMILES string of the molecule is [c]1ccccc1CSCc1[c]cccc1. The number of thioether (sulfide) groups is 1. The average molecular weight is 212 g/mol. The van der Waals surface area contributed by atoms with Gasteiger partial charge in [-0.1, -0.05) is 48.5 Å². The van der Waals surface area contributed by atoms with Crippen LogP contribution in [0.25, 0.3) is 0 Å². The van der Waals surface area contributed by atoms with Gasteiger partial charge in [-0.25, -0.2) is 0 Å². The van der Waals surface area contributed by atoms with Gasteiger partial charge in [0.1, 0.15) is 0 Å². The van der Waals surface area contributed by atoms with Crippen molar-refractivity contribution in [3.8, 4) is 0 Å². The van der Waals surface area contributed by atoms with Crippen molar-refractivity contribution in [3.63, 3.8) is 0 Å². The van der Waals surface area contributed by atoms with E-state index in [1.165, 1.54) is 11.1 Å². The van der Waals surface area contributed by atoms with Gasteiger partial charge in [-0.05, 0) is 23.3 Å². The van der Waals surface area contributed by atoms with Crippen LogP contribution in [0.1, 0.15) is 11.1 Å². The minimum absolute atomic E-state index is 1.02. The van der Waals surface area contributed by atoms with Crippen LogP contribution >= 0.6 is 11.8 Å². The van der Waals surface area contributed by atoms with Crippen LogP contribution in [0.15, 0.2) is 48.5 Å². The monoisotopic (exact) mass is 212 g/mol. The molecule has 74 valence electrons. The molecule has 0 aliphatic heterocycles. The normalized spacial score (nSPS) is 10.1. The summed E-state index contributed by atoms with van der Waals surface area (Å²) >= 11 is 1.90. The molecule has 0 nitrogen and oxygen atoms in total. The summed E-state index contributed by atoms with van der Waals surface area (Å²) in [6.07, 6.45) is 0. The molecule has 0 fully saturated rings. The summed E-state index contributed by atoms with van der Waals surface area (Å²) in [5, 5.41) is 0. The number of rotatable bonds is 4. The predicted molar refractivity (Wildman–Crippen MR) is 65.6 cm³/mol. The Morgan fingerprint density at radius 2 is 1.33 bits per heavy atom. The maximum atomic E-state index is 3.22. The minimum atomic E-state index is 1.02. The van der Waals surface area contributed by atoms with Gasteiger partial charge in [-0.2, -0.15) is 11.8 Å². The summed E-state index contributed by atoms with van der Waals surface area (Å²) in [5.74, 6) is 2.03. The van der Waals surface area contributed by atoms with Crippen molar-refractivity contribution in [2.45, 2.75) is 11.5 Å². The molecule has 0 saturated carbocycles. The Balaban J connectivity index is 1.81. The van der Waals surface area contributed by atoms with Crippen molar-refractivity contribution < 1.29 is 0 Å². The maximum absolute atomic E-state index is 3.22. The summed E-state index contributed by atoms with van der Waals surface area (Å²) < 4.78 is 0. The first-order valence-corrected chi connectivity index (χ1v) is 6.09. The molecule has 0 atom stereocenters. The van der Waals surface area contributed by atoms with Gasteiger partial charge < -0.3 is 0 Å². The second-order valence-electron chi connectivity index (χ2n) is 3.27. The molecular formula is C14H12S. The predicted octanol–water partition coefficient (Wildman–Crippen LogP) is 3.72. The molecule has 0 unspecified atom stereocenters. The number of hydrogen-bond donors (Lipinski definition) is 0. The van der Waals surface area contributed by atoms with Gasteiger partial charge >= 0.3 is 0 Å². The molecule has 2 rings (SSSR count). The molecule has 0 spiro atoms. The summed E-state index contributed by atoms with van der Waals surface area (Å²) in [6, 6.07) is 22.7. The Morgan fingerprint density at radius 1 is 0.800 bits per heavy atom. The Morgan fingerprint density at radius 3 is 1.73 bits per heavy atom. The van der Waals surface area contributed by atoms with Crippen LogP contribution in [0.5, 0.6) is 0 Å². The van der Waals surface area contributed by atoms with Gasteiger partial charge in [0, 0.05) is 11.5 Å². The first kappa shape index (κ1) is 10.3. The van der Waals surface area contributed by atoms with Gasteiger partial charge in [0.2, 0.25) is 0 Å². The highest BCUT2D eigenvalue weighted by molar-refractivity contribution is 7.97. The molecule has 2 aromatic carbocycles. The molecule has 2 aromatic rings. The number of hydrogen-bond acceptors (Lipinski definition) is 1. The third-order valence-corrected chi connectivity index (χ3v) is 3.09. The highest BCUT2D eigenvalue weighted by atomic mass is 32.2.